The third-order valence-corrected chi connectivity index (χ3v) is 6.98. The summed E-state index contributed by atoms with van der Waals surface area (Å²) >= 11 is 1.22. The van der Waals surface area contributed by atoms with Crippen molar-refractivity contribution in [1.82, 2.24) is 4.31 Å². The van der Waals surface area contributed by atoms with Crippen LogP contribution in [-0.4, -0.2) is 36.4 Å². The summed E-state index contributed by atoms with van der Waals surface area (Å²) in [6.45, 7) is 3.92. The monoisotopic (exact) mass is 303 g/mol. The second kappa shape index (κ2) is 5.22. The van der Waals surface area contributed by atoms with Gasteiger partial charge in [-0.3, -0.25) is 4.79 Å². The Morgan fingerprint density at radius 1 is 1.47 bits per heavy atom. The van der Waals surface area contributed by atoms with Gasteiger partial charge in [0.25, 0.3) is 10.0 Å². The molecule has 1 aliphatic rings. The molecule has 1 fully saturated rings. The highest BCUT2D eigenvalue weighted by atomic mass is 32.2. The number of aryl methyl sites for hydroxylation is 1. The van der Waals surface area contributed by atoms with E-state index in [4.69, 9.17) is 5.11 Å². The van der Waals surface area contributed by atoms with Crippen LogP contribution in [0.4, 0.5) is 0 Å². The number of carbonyl (C=O) groups is 1. The SMILES string of the molecule is Cc1ccc(S(=O)(=O)N2CCC[C@@H](C(=O)O)[C@H]2C)s1. The van der Waals surface area contributed by atoms with Crippen LogP contribution >= 0.6 is 11.3 Å². The summed E-state index contributed by atoms with van der Waals surface area (Å²) in [5.41, 5.74) is 0. The fraction of sp³-hybridized carbons (Fsp3) is 0.583. The van der Waals surface area contributed by atoms with E-state index in [9.17, 15) is 13.2 Å². The van der Waals surface area contributed by atoms with Gasteiger partial charge in [-0.25, -0.2) is 8.42 Å². The summed E-state index contributed by atoms with van der Waals surface area (Å²) in [6, 6.07) is 2.85. The molecule has 0 bridgehead atoms. The molecular weight excluding hydrogens is 286 g/mol. The number of hydrogen-bond acceptors (Lipinski definition) is 4. The zero-order chi connectivity index (χ0) is 14.2. The lowest BCUT2D eigenvalue weighted by Gasteiger charge is -2.35. The third-order valence-electron chi connectivity index (χ3n) is 3.53. The van der Waals surface area contributed by atoms with Gasteiger partial charge < -0.3 is 5.11 Å². The fourth-order valence-electron chi connectivity index (χ4n) is 2.45. The molecule has 0 aliphatic carbocycles. The quantitative estimate of drug-likeness (QED) is 0.926. The van der Waals surface area contributed by atoms with Crippen molar-refractivity contribution in [3.63, 3.8) is 0 Å². The average Bonchev–Trinajstić information content (AvgIpc) is 2.76. The topological polar surface area (TPSA) is 74.7 Å². The molecule has 0 aromatic carbocycles. The molecule has 5 nitrogen and oxygen atoms in total. The first-order valence-corrected chi connectivity index (χ1v) is 8.41. The van der Waals surface area contributed by atoms with Crippen LogP contribution in [-0.2, 0) is 14.8 Å². The molecule has 2 heterocycles. The summed E-state index contributed by atoms with van der Waals surface area (Å²) in [5, 5.41) is 9.15. The second-order valence-electron chi connectivity index (χ2n) is 4.81. The number of thiophene rings is 1. The zero-order valence-corrected chi connectivity index (χ0v) is 12.5. The van der Waals surface area contributed by atoms with Gasteiger partial charge in [-0.05, 0) is 38.8 Å². The Morgan fingerprint density at radius 3 is 2.68 bits per heavy atom. The van der Waals surface area contributed by atoms with Crippen LogP contribution in [0.5, 0.6) is 0 Å². The average molecular weight is 303 g/mol. The van der Waals surface area contributed by atoms with E-state index in [0.717, 1.165) is 4.88 Å². The lowest BCUT2D eigenvalue weighted by molar-refractivity contribution is -0.144. The van der Waals surface area contributed by atoms with Gasteiger partial charge in [-0.2, -0.15) is 4.31 Å². The minimum Gasteiger partial charge on any atom is -0.481 e. The minimum atomic E-state index is -3.57. The molecule has 0 unspecified atom stereocenters. The standard InChI is InChI=1S/C12H17NO4S2/c1-8-5-6-11(18-8)19(16,17)13-7-3-4-10(9(13)2)12(14)15/h5-6,9-10H,3-4,7H2,1-2H3,(H,14,15)/t9-,10-/m1/s1. The molecule has 0 amide bonds. The smallest absolute Gasteiger partial charge is 0.308 e. The van der Waals surface area contributed by atoms with Crippen LogP contribution in [0, 0.1) is 12.8 Å². The number of carboxylic acid groups (broad SMARTS) is 1. The lowest BCUT2D eigenvalue weighted by Crippen LogP contribution is -2.48. The molecule has 0 saturated carbocycles. The molecule has 1 aliphatic heterocycles. The number of aliphatic carboxylic acids is 1. The maximum absolute atomic E-state index is 12.5. The highest BCUT2D eigenvalue weighted by Gasteiger charge is 2.39. The minimum absolute atomic E-state index is 0.294. The molecule has 7 heteroatoms. The highest BCUT2D eigenvalue weighted by Crippen LogP contribution is 2.31. The molecule has 106 valence electrons. The van der Waals surface area contributed by atoms with E-state index in [2.05, 4.69) is 0 Å². The predicted octanol–water partition coefficient (Wildman–Crippen LogP) is 1.93. The number of piperidine rings is 1. The van der Waals surface area contributed by atoms with Crippen molar-refractivity contribution in [3.8, 4) is 0 Å². The zero-order valence-electron chi connectivity index (χ0n) is 10.9. The van der Waals surface area contributed by atoms with Crippen molar-refractivity contribution < 1.29 is 18.3 Å². The van der Waals surface area contributed by atoms with E-state index in [1.807, 2.05) is 6.92 Å². The predicted molar refractivity (Wildman–Crippen MR) is 72.8 cm³/mol. The van der Waals surface area contributed by atoms with Crippen LogP contribution in [0.2, 0.25) is 0 Å². The first-order valence-electron chi connectivity index (χ1n) is 6.15. The van der Waals surface area contributed by atoms with E-state index in [1.54, 1.807) is 19.1 Å². The summed E-state index contributed by atoms with van der Waals surface area (Å²) in [7, 11) is -3.57. The van der Waals surface area contributed by atoms with E-state index in [-0.39, 0.29) is 0 Å². The van der Waals surface area contributed by atoms with E-state index >= 15 is 0 Å². The number of carboxylic acids is 1. The van der Waals surface area contributed by atoms with Gasteiger partial charge >= 0.3 is 5.97 Å². The van der Waals surface area contributed by atoms with Crippen molar-refractivity contribution in [2.24, 2.45) is 5.92 Å². The summed E-state index contributed by atoms with van der Waals surface area (Å²) in [6.07, 6.45) is 1.12. The third kappa shape index (κ3) is 2.68. The van der Waals surface area contributed by atoms with Crippen molar-refractivity contribution in [2.45, 2.75) is 36.9 Å². The summed E-state index contributed by atoms with van der Waals surface area (Å²) in [5.74, 6) is -1.54. The largest absolute Gasteiger partial charge is 0.481 e. The summed E-state index contributed by atoms with van der Waals surface area (Å²) in [4.78, 5) is 12.1. The number of nitrogens with zero attached hydrogens (tertiary/aromatic N) is 1. The van der Waals surface area contributed by atoms with Crippen LogP contribution in [0.3, 0.4) is 0 Å². The highest BCUT2D eigenvalue weighted by molar-refractivity contribution is 7.91. The Labute approximate surface area is 116 Å². The summed E-state index contributed by atoms with van der Waals surface area (Å²) < 4.78 is 26.7. The van der Waals surface area contributed by atoms with Crippen molar-refractivity contribution in [1.29, 1.82) is 0 Å². The second-order valence-corrected chi connectivity index (χ2v) is 8.21. The Morgan fingerprint density at radius 2 is 2.16 bits per heavy atom. The van der Waals surface area contributed by atoms with Gasteiger partial charge in [0.1, 0.15) is 4.21 Å². The van der Waals surface area contributed by atoms with Gasteiger partial charge in [0.05, 0.1) is 5.92 Å². The molecule has 1 N–H and O–H groups in total. The van der Waals surface area contributed by atoms with Crippen LogP contribution in [0.1, 0.15) is 24.6 Å². The molecule has 2 rings (SSSR count). The molecule has 1 aromatic rings. The van der Waals surface area contributed by atoms with Gasteiger partial charge in [-0.15, -0.1) is 11.3 Å². The lowest BCUT2D eigenvalue weighted by atomic mass is 9.92. The Kier molecular flexibility index (Phi) is 3.98. The van der Waals surface area contributed by atoms with Crippen LogP contribution in [0.15, 0.2) is 16.3 Å². The molecule has 19 heavy (non-hydrogen) atoms. The van der Waals surface area contributed by atoms with E-state index in [1.165, 1.54) is 15.6 Å². The number of hydrogen-bond donors (Lipinski definition) is 1. The van der Waals surface area contributed by atoms with Crippen LogP contribution < -0.4 is 0 Å². The maximum atomic E-state index is 12.5. The number of rotatable bonds is 3. The molecule has 0 spiro atoms. The molecule has 0 radical (unpaired) electrons. The molecule has 1 aromatic heterocycles. The Balaban J connectivity index is 2.32. The molecule has 1 saturated heterocycles. The van der Waals surface area contributed by atoms with Crippen molar-refractivity contribution in [3.05, 3.63) is 17.0 Å². The van der Waals surface area contributed by atoms with Gasteiger partial charge in [-0.1, -0.05) is 0 Å². The maximum Gasteiger partial charge on any atom is 0.308 e. The first-order chi connectivity index (χ1) is 8.84. The van der Waals surface area contributed by atoms with Gasteiger partial charge in [0.15, 0.2) is 0 Å². The fourth-order valence-corrected chi connectivity index (χ4v) is 5.57. The van der Waals surface area contributed by atoms with E-state index < -0.39 is 28.0 Å². The molecule has 2 atom stereocenters. The van der Waals surface area contributed by atoms with Crippen LogP contribution in [0.25, 0.3) is 0 Å². The molecular formula is C12H17NO4S2. The van der Waals surface area contributed by atoms with Gasteiger partial charge in [0, 0.05) is 17.5 Å². The normalized spacial score (nSPS) is 25.4. The number of sulfonamides is 1. The van der Waals surface area contributed by atoms with Gasteiger partial charge in [0.2, 0.25) is 0 Å². The van der Waals surface area contributed by atoms with Crippen molar-refractivity contribution >= 4 is 27.3 Å². The van der Waals surface area contributed by atoms with Crippen molar-refractivity contribution in [2.75, 3.05) is 6.54 Å². The Bertz CT molecular complexity index is 578. The first kappa shape index (κ1) is 14.5. The van der Waals surface area contributed by atoms with E-state index in [0.29, 0.717) is 23.6 Å². The Hall–Kier alpha value is -0.920.